The van der Waals surface area contributed by atoms with Crippen molar-refractivity contribution in [3.8, 4) is 0 Å². The van der Waals surface area contributed by atoms with Crippen molar-refractivity contribution < 1.29 is 0 Å². The van der Waals surface area contributed by atoms with Crippen LogP contribution in [0, 0.1) is 13.8 Å². The van der Waals surface area contributed by atoms with Crippen molar-refractivity contribution >= 4 is 11.6 Å². The second kappa shape index (κ2) is 4.72. The average molecular weight is 249 g/mol. The van der Waals surface area contributed by atoms with Gasteiger partial charge in [0.25, 0.3) is 5.56 Å². The molecule has 2 aromatic rings. The fourth-order valence-electron chi connectivity index (χ4n) is 1.88. The molecule has 0 aliphatic heterocycles. The van der Waals surface area contributed by atoms with Crippen LogP contribution in [0.15, 0.2) is 35.4 Å². The third-order valence-corrected chi connectivity index (χ3v) is 2.69. The third-order valence-electron chi connectivity index (χ3n) is 2.48. The monoisotopic (exact) mass is 248 g/mol. The Labute approximate surface area is 105 Å². The fraction of sp³-hybridized carbons (Fsp3) is 0.231. The number of aryl methyl sites for hydroxylation is 2. The van der Waals surface area contributed by atoms with Gasteiger partial charge in [0.1, 0.15) is 5.15 Å². The van der Waals surface area contributed by atoms with Crippen LogP contribution in [0.4, 0.5) is 0 Å². The van der Waals surface area contributed by atoms with E-state index in [1.807, 2.05) is 13.8 Å². The van der Waals surface area contributed by atoms with Crippen LogP contribution in [-0.2, 0) is 6.54 Å². The zero-order valence-electron chi connectivity index (χ0n) is 9.77. The van der Waals surface area contributed by atoms with Crippen LogP contribution in [0.25, 0.3) is 0 Å². The maximum absolute atomic E-state index is 11.7. The number of hydrogen-bond donors (Lipinski definition) is 0. The highest BCUT2D eigenvalue weighted by molar-refractivity contribution is 6.29. The van der Waals surface area contributed by atoms with Gasteiger partial charge < -0.3 is 0 Å². The molecule has 0 spiro atoms. The van der Waals surface area contributed by atoms with E-state index in [1.54, 1.807) is 4.57 Å². The van der Waals surface area contributed by atoms with Crippen LogP contribution >= 0.6 is 11.6 Å². The van der Waals surface area contributed by atoms with Gasteiger partial charge in [-0.1, -0.05) is 40.9 Å². The lowest BCUT2D eigenvalue weighted by Gasteiger charge is -2.07. The fourth-order valence-corrected chi connectivity index (χ4v) is 2.02. The van der Waals surface area contributed by atoms with Crippen molar-refractivity contribution in [2.75, 3.05) is 0 Å². The second-order valence-electron chi connectivity index (χ2n) is 4.17. The van der Waals surface area contributed by atoms with Crippen molar-refractivity contribution in [3.05, 3.63) is 62.8 Å². The predicted molar refractivity (Wildman–Crippen MR) is 68.5 cm³/mol. The van der Waals surface area contributed by atoms with Gasteiger partial charge in [0.15, 0.2) is 0 Å². The Morgan fingerprint density at radius 1 is 1.18 bits per heavy atom. The predicted octanol–water partition coefficient (Wildman–Crippen LogP) is 2.56. The van der Waals surface area contributed by atoms with E-state index < -0.39 is 0 Å². The summed E-state index contributed by atoms with van der Waals surface area (Å²) in [6, 6.07) is 7.55. The Morgan fingerprint density at radius 3 is 2.41 bits per heavy atom. The second-order valence-corrected chi connectivity index (χ2v) is 4.56. The summed E-state index contributed by atoms with van der Waals surface area (Å²) in [4.78, 5) is 15.6. The van der Waals surface area contributed by atoms with Crippen LogP contribution in [0.5, 0.6) is 0 Å². The smallest absolute Gasteiger partial charge is 0.255 e. The quantitative estimate of drug-likeness (QED) is 0.766. The number of hydrogen-bond acceptors (Lipinski definition) is 2. The lowest BCUT2D eigenvalue weighted by molar-refractivity contribution is 0.735. The van der Waals surface area contributed by atoms with Crippen LogP contribution < -0.4 is 5.56 Å². The molecule has 2 rings (SSSR count). The van der Waals surface area contributed by atoms with E-state index in [0.29, 0.717) is 6.54 Å². The van der Waals surface area contributed by atoms with Crippen molar-refractivity contribution in [2.24, 2.45) is 0 Å². The molecule has 0 unspecified atom stereocenters. The molecule has 1 aromatic heterocycles. The van der Waals surface area contributed by atoms with Gasteiger partial charge in [-0.05, 0) is 19.4 Å². The molecular formula is C13H13ClN2O. The lowest BCUT2D eigenvalue weighted by Crippen LogP contribution is -2.19. The lowest BCUT2D eigenvalue weighted by atomic mass is 10.1. The van der Waals surface area contributed by atoms with E-state index in [4.69, 9.17) is 11.6 Å². The van der Waals surface area contributed by atoms with Crippen LogP contribution in [-0.4, -0.2) is 9.55 Å². The number of aromatic nitrogens is 2. The Morgan fingerprint density at radius 2 is 1.82 bits per heavy atom. The first kappa shape index (κ1) is 11.9. The topological polar surface area (TPSA) is 34.9 Å². The van der Waals surface area contributed by atoms with Gasteiger partial charge in [-0.2, -0.15) is 0 Å². The largest absolute Gasteiger partial charge is 0.295 e. The number of rotatable bonds is 2. The molecule has 1 heterocycles. The van der Waals surface area contributed by atoms with Gasteiger partial charge in [-0.25, -0.2) is 4.98 Å². The summed E-state index contributed by atoms with van der Waals surface area (Å²) in [5.74, 6) is 0. The molecule has 0 radical (unpaired) electrons. The molecule has 0 bridgehead atoms. The molecule has 0 atom stereocenters. The Hall–Kier alpha value is -1.61. The van der Waals surface area contributed by atoms with Gasteiger partial charge in [0.05, 0.1) is 12.9 Å². The first-order chi connectivity index (χ1) is 8.04. The van der Waals surface area contributed by atoms with Crippen molar-refractivity contribution in [1.82, 2.24) is 9.55 Å². The van der Waals surface area contributed by atoms with E-state index >= 15 is 0 Å². The molecular weight excluding hydrogens is 236 g/mol. The summed E-state index contributed by atoms with van der Waals surface area (Å²) in [6.07, 6.45) is 1.47. The molecule has 0 saturated heterocycles. The van der Waals surface area contributed by atoms with E-state index in [1.165, 1.54) is 23.5 Å². The third kappa shape index (κ3) is 2.94. The van der Waals surface area contributed by atoms with Crippen molar-refractivity contribution in [2.45, 2.75) is 20.4 Å². The standard InChI is InChI=1S/C13H13ClN2O/c1-9-3-10(2)5-11(4-9)7-16-8-15-12(14)6-13(16)17/h3-6,8H,7H2,1-2H3. The summed E-state index contributed by atoms with van der Waals surface area (Å²) in [5.41, 5.74) is 3.34. The van der Waals surface area contributed by atoms with Crippen LogP contribution in [0.3, 0.4) is 0 Å². The summed E-state index contributed by atoms with van der Waals surface area (Å²) in [6.45, 7) is 4.60. The molecule has 0 fully saturated rings. The number of nitrogens with zero attached hydrogens (tertiary/aromatic N) is 2. The first-order valence-electron chi connectivity index (χ1n) is 5.34. The van der Waals surface area contributed by atoms with Gasteiger partial charge in [0.2, 0.25) is 0 Å². The Kier molecular flexibility index (Phi) is 3.29. The zero-order valence-corrected chi connectivity index (χ0v) is 10.5. The maximum atomic E-state index is 11.7. The van der Waals surface area contributed by atoms with E-state index in [2.05, 4.69) is 23.2 Å². The molecule has 0 N–H and O–H groups in total. The first-order valence-corrected chi connectivity index (χ1v) is 5.71. The zero-order chi connectivity index (χ0) is 12.4. The van der Waals surface area contributed by atoms with Crippen molar-refractivity contribution in [1.29, 1.82) is 0 Å². The number of benzene rings is 1. The normalized spacial score (nSPS) is 10.5. The van der Waals surface area contributed by atoms with Gasteiger partial charge in [0, 0.05) is 6.07 Å². The van der Waals surface area contributed by atoms with E-state index in [0.717, 1.165) is 5.56 Å². The highest BCUT2D eigenvalue weighted by Gasteiger charge is 2.01. The highest BCUT2D eigenvalue weighted by atomic mass is 35.5. The maximum Gasteiger partial charge on any atom is 0.255 e. The van der Waals surface area contributed by atoms with Gasteiger partial charge in [-0.3, -0.25) is 9.36 Å². The molecule has 17 heavy (non-hydrogen) atoms. The number of halogens is 1. The molecule has 0 aliphatic rings. The molecule has 88 valence electrons. The minimum absolute atomic E-state index is 0.135. The molecule has 3 nitrogen and oxygen atoms in total. The minimum atomic E-state index is -0.135. The summed E-state index contributed by atoms with van der Waals surface area (Å²) in [7, 11) is 0. The Balaban J connectivity index is 2.34. The molecule has 0 aliphatic carbocycles. The molecule has 0 amide bonds. The molecule has 4 heteroatoms. The average Bonchev–Trinajstić information content (AvgIpc) is 2.21. The Bertz CT molecular complexity index is 584. The van der Waals surface area contributed by atoms with Crippen LogP contribution in [0.2, 0.25) is 5.15 Å². The SMILES string of the molecule is Cc1cc(C)cc(Cn2cnc(Cl)cc2=O)c1. The summed E-state index contributed by atoms with van der Waals surface area (Å²) < 4.78 is 1.54. The van der Waals surface area contributed by atoms with Gasteiger partial charge >= 0.3 is 0 Å². The molecule has 0 saturated carbocycles. The van der Waals surface area contributed by atoms with Crippen LogP contribution in [0.1, 0.15) is 16.7 Å². The highest BCUT2D eigenvalue weighted by Crippen LogP contribution is 2.09. The van der Waals surface area contributed by atoms with Gasteiger partial charge in [-0.15, -0.1) is 0 Å². The summed E-state index contributed by atoms with van der Waals surface area (Å²) >= 11 is 5.65. The van der Waals surface area contributed by atoms with Crippen molar-refractivity contribution in [3.63, 3.8) is 0 Å². The molecule has 1 aromatic carbocycles. The van der Waals surface area contributed by atoms with E-state index in [-0.39, 0.29) is 10.7 Å². The summed E-state index contributed by atoms with van der Waals surface area (Å²) in [5, 5.41) is 0.228. The van der Waals surface area contributed by atoms with E-state index in [9.17, 15) is 4.79 Å². The minimum Gasteiger partial charge on any atom is -0.295 e.